The molecular formula is C5H10F3P. The van der Waals surface area contributed by atoms with Gasteiger partial charge in [0.25, 0.3) is 0 Å². The Morgan fingerprint density at radius 2 is 1.89 bits per heavy atom. The quantitative estimate of drug-likeness (QED) is 0.437. The van der Waals surface area contributed by atoms with E-state index in [0.29, 0.717) is 14.7 Å². The molecule has 0 heterocycles. The van der Waals surface area contributed by atoms with Crippen LogP contribution >= 0.6 is 8.58 Å². The van der Waals surface area contributed by atoms with Crippen molar-refractivity contribution in [1.29, 1.82) is 0 Å². The first kappa shape index (κ1) is 9.22. The van der Waals surface area contributed by atoms with Crippen LogP contribution in [-0.4, -0.2) is 18.5 Å². The predicted molar refractivity (Wildman–Crippen MR) is 34.4 cm³/mol. The summed E-state index contributed by atoms with van der Waals surface area (Å²) >= 11 is 0. The van der Waals surface area contributed by atoms with Crippen LogP contribution < -0.4 is 0 Å². The highest BCUT2D eigenvalue weighted by molar-refractivity contribution is 7.37. The molecule has 1 unspecified atom stereocenters. The molecule has 0 aromatic heterocycles. The summed E-state index contributed by atoms with van der Waals surface area (Å²) in [7, 11) is 0.468. The third-order valence-corrected chi connectivity index (χ3v) is 1.94. The zero-order valence-electron chi connectivity index (χ0n) is 5.26. The summed E-state index contributed by atoms with van der Waals surface area (Å²) in [6.45, 7) is 1.90. The minimum absolute atomic E-state index is 0.306. The van der Waals surface area contributed by atoms with Crippen LogP contribution in [0.4, 0.5) is 13.2 Å². The van der Waals surface area contributed by atoms with Gasteiger partial charge in [-0.15, -0.1) is 8.58 Å². The van der Waals surface area contributed by atoms with Gasteiger partial charge in [0.05, 0.1) is 0 Å². The lowest BCUT2D eigenvalue weighted by Gasteiger charge is -2.03. The zero-order valence-corrected chi connectivity index (χ0v) is 6.26. The Morgan fingerprint density at radius 1 is 1.33 bits per heavy atom. The molecule has 56 valence electrons. The zero-order chi connectivity index (χ0) is 7.33. The van der Waals surface area contributed by atoms with Crippen LogP contribution in [-0.2, 0) is 0 Å². The topological polar surface area (TPSA) is 0 Å². The summed E-state index contributed by atoms with van der Waals surface area (Å²) in [4.78, 5) is 0. The van der Waals surface area contributed by atoms with E-state index in [1.165, 1.54) is 0 Å². The smallest absolute Gasteiger partial charge is 0.171 e. The van der Waals surface area contributed by atoms with Crippen molar-refractivity contribution in [3.8, 4) is 0 Å². The summed E-state index contributed by atoms with van der Waals surface area (Å²) in [6, 6.07) is 0. The van der Waals surface area contributed by atoms with Crippen LogP contribution in [0, 0.1) is 0 Å². The third-order valence-electron chi connectivity index (χ3n) is 0.835. The summed E-state index contributed by atoms with van der Waals surface area (Å²) in [5, 5.41) is 0. The van der Waals surface area contributed by atoms with Gasteiger partial charge in [0.2, 0.25) is 0 Å². The second-order valence-corrected chi connectivity index (χ2v) is 3.43. The maximum absolute atomic E-state index is 11.4. The van der Waals surface area contributed by atoms with Gasteiger partial charge in [-0.2, -0.15) is 13.2 Å². The summed E-state index contributed by atoms with van der Waals surface area (Å²) < 4.78 is 34.2. The van der Waals surface area contributed by atoms with E-state index in [1.54, 1.807) is 0 Å². The van der Waals surface area contributed by atoms with E-state index in [1.807, 2.05) is 6.92 Å². The number of rotatable bonds is 3. The fourth-order valence-corrected chi connectivity index (χ4v) is 1.22. The first-order chi connectivity index (χ1) is 4.06. The van der Waals surface area contributed by atoms with Gasteiger partial charge in [-0.05, 0) is 12.3 Å². The monoisotopic (exact) mass is 158 g/mol. The predicted octanol–water partition coefficient (Wildman–Crippen LogP) is 2.64. The standard InChI is InChI=1S/C5H10F3P/c1-2-9-4-3-5(6,7)8/h9H,2-4H2,1H3. The van der Waals surface area contributed by atoms with Crippen molar-refractivity contribution in [1.82, 2.24) is 0 Å². The highest BCUT2D eigenvalue weighted by atomic mass is 31.1. The fourth-order valence-electron chi connectivity index (χ4n) is 0.407. The van der Waals surface area contributed by atoms with E-state index in [-0.39, 0.29) is 0 Å². The Kier molecular flexibility index (Phi) is 4.20. The molecule has 0 aliphatic heterocycles. The normalized spacial score (nSPS) is 13.3. The van der Waals surface area contributed by atoms with Crippen LogP contribution in [0.15, 0.2) is 0 Å². The second-order valence-electron chi connectivity index (χ2n) is 1.72. The highest BCUT2D eigenvalue weighted by Gasteiger charge is 2.25. The Balaban J connectivity index is 3.07. The lowest BCUT2D eigenvalue weighted by Crippen LogP contribution is -2.07. The Morgan fingerprint density at radius 3 is 2.22 bits per heavy atom. The molecule has 0 N–H and O–H groups in total. The summed E-state index contributed by atoms with van der Waals surface area (Å²) in [5.74, 6) is 0. The van der Waals surface area contributed by atoms with Gasteiger partial charge in [0.15, 0.2) is 0 Å². The number of hydrogen-bond acceptors (Lipinski definition) is 0. The van der Waals surface area contributed by atoms with E-state index in [4.69, 9.17) is 0 Å². The molecule has 0 bridgehead atoms. The molecular weight excluding hydrogens is 148 g/mol. The van der Waals surface area contributed by atoms with Gasteiger partial charge < -0.3 is 0 Å². The van der Waals surface area contributed by atoms with Crippen molar-refractivity contribution in [2.24, 2.45) is 0 Å². The largest absolute Gasteiger partial charge is 0.389 e. The lowest BCUT2D eigenvalue weighted by atomic mass is 10.5. The molecule has 0 nitrogen and oxygen atoms in total. The highest BCUT2D eigenvalue weighted by Crippen LogP contribution is 2.23. The van der Waals surface area contributed by atoms with Crippen LogP contribution in [0.25, 0.3) is 0 Å². The Hall–Kier alpha value is 0.220. The SMILES string of the molecule is CCPCCC(F)(F)F. The summed E-state index contributed by atoms with van der Waals surface area (Å²) in [6.07, 6.45) is -3.38. The van der Waals surface area contributed by atoms with Crippen molar-refractivity contribution in [3.63, 3.8) is 0 Å². The lowest BCUT2D eigenvalue weighted by molar-refractivity contribution is -0.129. The third kappa shape index (κ3) is 8.22. The molecule has 0 saturated heterocycles. The average Bonchev–Trinajstić information content (AvgIpc) is 1.63. The molecule has 0 rings (SSSR count). The van der Waals surface area contributed by atoms with Crippen molar-refractivity contribution < 1.29 is 13.2 Å². The van der Waals surface area contributed by atoms with E-state index in [9.17, 15) is 13.2 Å². The van der Waals surface area contributed by atoms with Gasteiger partial charge in [-0.3, -0.25) is 0 Å². The van der Waals surface area contributed by atoms with Gasteiger partial charge in [-0.1, -0.05) is 6.92 Å². The molecule has 0 aliphatic rings. The van der Waals surface area contributed by atoms with Gasteiger partial charge in [-0.25, -0.2) is 0 Å². The molecule has 0 aromatic carbocycles. The Labute approximate surface area is 54.6 Å². The van der Waals surface area contributed by atoms with E-state index in [2.05, 4.69) is 0 Å². The minimum Gasteiger partial charge on any atom is -0.171 e. The maximum Gasteiger partial charge on any atom is 0.389 e. The first-order valence-corrected chi connectivity index (χ1v) is 4.25. The van der Waals surface area contributed by atoms with Crippen molar-refractivity contribution in [2.45, 2.75) is 19.5 Å². The molecule has 0 aliphatic carbocycles. The summed E-state index contributed by atoms with van der Waals surface area (Å²) in [5.41, 5.74) is 0. The molecule has 0 aromatic rings. The molecule has 0 fully saturated rings. The first-order valence-electron chi connectivity index (χ1n) is 2.83. The van der Waals surface area contributed by atoms with Crippen molar-refractivity contribution in [3.05, 3.63) is 0 Å². The Bertz CT molecular complexity index is 69.1. The number of alkyl halides is 3. The molecule has 0 radical (unpaired) electrons. The molecule has 0 spiro atoms. The van der Waals surface area contributed by atoms with E-state index in [0.717, 1.165) is 6.16 Å². The van der Waals surface area contributed by atoms with Crippen molar-refractivity contribution in [2.75, 3.05) is 12.3 Å². The molecule has 4 heteroatoms. The molecule has 1 atom stereocenters. The number of halogens is 3. The molecule has 0 amide bonds. The molecule has 9 heavy (non-hydrogen) atoms. The van der Waals surface area contributed by atoms with Crippen molar-refractivity contribution >= 4 is 8.58 Å². The van der Waals surface area contributed by atoms with E-state index < -0.39 is 12.6 Å². The maximum atomic E-state index is 11.4. The second kappa shape index (κ2) is 4.10. The van der Waals surface area contributed by atoms with Gasteiger partial charge in [0, 0.05) is 6.42 Å². The van der Waals surface area contributed by atoms with Gasteiger partial charge in [0.1, 0.15) is 0 Å². The molecule has 0 saturated carbocycles. The van der Waals surface area contributed by atoms with E-state index >= 15 is 0 Å². The van der Waals surface area contributed by atoms with Crippen LogP contribution in [0.2, 0.25) is 0 Å². The van der Waals surface area contributed by atoms with Gasteiger partial charge >= 0.3 is 6.18 Å². The van der Waals surface area contributed by atoms with Crippen LogP contribution in [0.5, 0.6) is 0 Å². The average molecular weight is 158 g/mol. The fraction of sp³-hybridized carbons (Fsp3) is 1.00. The minimum atomic E-state index is -3.94. The number of hydrogen-bond donors (Lipinski definition) is 0. The van der Waals surface area contributed by atoms with Crippen LogP contribution in [0.1, 0.15) is 13.3 Å². The van der Waals surface area contributed by atoms with Crippen LogP contribution in [0.3, 0.4) is 0 Å².